The van der Waals surface area contributed by atoms with Gasteiger partial charge in [0, 0.05) is 13.1 Å². The van der Waals surface area contributed by atoms with Crippen molar-refractivity contribution in [1.82, 2.24) is 15.2 Å². The number of carbonyl (C=O) groups is 1. The van der Waals surface area contributed by atoms with Crippen LogP contribution in [0.25, 0.3) is 0 Å². The number of likely N-dealkylation sites (N-methyl/N-ethyl adjacent to an activating group) is 1. The van der Waals surface area contributed by atoms with Crippen LogP contribution >= 0.6 is 0 Å². The van der Waals surface area contributed by atoms with Crippen LogP contribution < -0.4 is 10.6 Å². The largest absolute Gasteiger partial charge is 0.353 e. The van der Waals surface area contributed by atoms with Crippen LogP contribution in [0.15, 0.2) is 42.6 Å². The van der Waals surface area contributed by atoms with Crippen LogP contribution in [-0.4, -0.2) is 43.0 Å². The molecule has 0 spiro atoms. The highest BCUT2D eigenvalue weighted by Crippen LogP contribution is 2.19. The van der Waals surface area contributed by atoms with E-state index in [9.17, 15) is 4.79 Å². The van der Waals surface area contributed by atoms with Gasteiger partial charge in [-0.2, -0.15) is 5.26 Å². The Balaban J connectivity index is 1.99. The molecule has 2 rings (SSSR count). The number of benzene rings is 1. The minimum Gasteiger partial charge on any atom is -0.353 e. The Hall–Kier alpha value is -2.91. The van der Waals surface area contributed by atoms with Crippen molar-refractivity contribution in [3.8, 4) is 6.07 Å². The van der Waals surface area contributed by atoms with Crippen molar-refractivity contribution in [2.24, 2.45) is 0 Å². The summed E-state index contributed by atoms with van der Waals surface area (Å²) in [7, 11) is 3.90. The summed E-state index contributed by atoms with van der Waals surface area (Å²) >= 11 is 0. The molecular formula is C17H19N5O. The van der Waals surface area contributed by atoms with E-state index in [0.717, 1.165) is 12.2 Å². The number of nitrogens with zero attached hydrogens (tertiary/aromatic N) is 3. The zero-order valence-corrected chi connectivity index (χ0v) is 13.2. The lowest BCUT2D eigenvalue weighted by Gasteiger charge is -2.11. The molecule has 0 aliphatic heterocycles. The number of anilines is 2. The molecule has 1 aromatic carbocycles. The minimum absolute atomic E-state index is 0.198. The maximum absolute atomic E-state index is 11.9. The van der Waals surface area contributed by atoms with Gasteiger partial charge in [0.25, 0.3) is 5.91 Å². The fourth-order valence-corrected chi connectivity index (χ4v) is 1.93. The van der Waals surface area contributed by atoms with Crippen LogP contribution in [0.2, 0.25) is 0 Å². The SMILES string of the molecule is CN(C)CCNC(=O)c1ccc(Nc2ccccc2C#N)cn1. The predicted molar refractivity (Wildman–Crippen MR) is 89.6 cm³/mol. The minimum atomic E-state index is -0.198. The van der Waals surface area contributed by atoms with E-state index in [1.165, 1.54) is 0 Å². The van der Waals surface area contributed by atoms with Crippen molar-refractivity contribution in [3.63, 3.8) is 0 Å². The fraction of sp³-hybridized carbons (Fsp3) is 0.235. The van der Waals surface area contributed by atoms with E-state index in [1.807, 2.05) is 37.2 Å². The number of hydrogen-bond donors (Lipinski definition) is 2. The second-order valence-electron chi connectivity index (χ2n) is 5.27. The first kappa shape index (κ1) is 16.5. The van der Waals surface area contributed by atoms with Gasteiger partial charge in [0.2, 0.25) is 0 Å². The van der Waals surface area contributed by atoms with Crippen LogP contribution in [0.5, 0.6) is 0 Å². The van der Waals surface area contributed by atoms with Crippen molar-refractivity contribution in [3.05, 3.63) is 53.9 Å². The highest BCUT2D eigenvalue weighted by molar-refractivity contribution is 5.92. The third kappa shape index (κ3) is 4.80. The number of nitriles is 1. The Kier molecular flexibility index (Phi) is 5.67. The molecule has 1 aromatic heterocycles. The molecular weight excluding hydrogens is 290 g/mol. The molecule has 0 radical (unpaired) electrons. The van der Waals surface area contributed by atoms with Gasteiger partial charge in [-0.15, -0.1) is 0 Å². The van der Waals surface area contributed by atoms with Gasteiger partial charge in [-0.1, -0.05) is 12.1 Å². The van der Waals surface area contributed by atoms with Gasteiger partial charge < -0.3 is 15.5 Å². The number of carbonyl (C=O) groups excluding carboxylic acids is 1. The average Bonchev–Trinajstić information content (AvgIpc) is 2.55. The van der Waals surface area contributed by atoms with E-state index in [4.69, 9.17) is 5.26 Å². The van der Waals surface area contributed by atoms with Gasteiger partial charge in [0.05, 0.1) is 23.1 Å². The Labute approximate surface area is 135 Å². The highest BCUT2D eigenvalue weighted by atomic mass is 16.1. The smallest absolute Gasteiger partial charge is 0.269 e. The first-order chi connectivity index (χ1) is 11.1. The fourth-order valence-electron chi connectivity index (χ4n) is 1.93. The van der Waals surface area contributed by atoms with E-state index in [1.54, 1.807) is 24.4 Å². The Morgan fingerprint density at radius 2 is 2.04 bits per heavy atom. The second-order valence-corrected chi connectivity index (χ2v) is 5.27. The summed E-state index contributed by atoms with van der Waals surface area (Å²) in [5, 5.41) is 15.0. The number of aromatic nitrogens is 1. The summed E-state index contributed by atoms with van der Waals surface area (Å²) in [5.41, 5.74) is 2.35. The van der Waals surface area contributed by atoms with Gasteiger partial charge in [0.15, 0.2) is 0 Å². The van der Waals surface area contributed by atoms with E-state index in [-0.39, 0.29) is 5.91 Å². The number of rotatable bonds is 6. The topological polar surface area (TPSA) is 81.0 Å². The molecule has 2 N–H and O–H groups in total. The molecule has 0 fully saturated rings. The molecule has 6 nitrogen and oxygen atoms in total. The van der Waals surface area contributed by atoms with Gasteiger partial charge in [0.1, 0.15) is 11.8 Å². The van der Waals surface area contributed by atoms with Crippen LogP contribution in [0.3, 0.4) is 0 Å². The van der Waals surface area contributed by atoms with Crippen LogP contribution in [0, 0.1) is 11.3 Å². The molecule has 6 heteroatoms. The van der Waals surface area contributed by atoms with Crippen LogP contribution in [0.1, 0.15) is 16.1 Å². The number of para-hydroxylation sites is 1. The lowest BCUT2D eigenvalue weighted by atomic mass is 10.2. The molecule has 0 atom stereocenters. The Morgan fingerprint density at radius 3 is 2.70 bits per heavy atom. The molecule has 0 aliphatic rings. The lowest BCUT2D eigenvalue weighted by Crippen LogP contribution is -2.31. The number of hydrogen-bond acceptors (Lipinski definition) is 5. The third-order valence-corrected chi connectivity index (χ3v) is 3.17. The molecule has 1 heterocycles. The van der Waals surface area contributed by atoms with Crippen molar-refractivity contribution >= 4 is 17.3 Å². The first-order valence-corrected chi connectivity index (χ1v) is 7.25. The van der Waals surface area contributed by atoms with Crippen molar-refractivity contribution in [2.45, 2.75) is 0 Å². The molecule has 118 valence electrons. The molecule has 0 aliphatic carbocycles. The van der Waals surface area contributed by atoms with Crippen LogP contribution in [-0.2, 0) is 0 Å². The van der Waals surface area contributed by atoms with Gasteiger partial charge in [-0.05, 0) is 38.4 Å². The average molecular weight is 309 g/mol. The van der Waals surface area contributed by atoms with E-state index in [2.05, 4.69) is 21.7 Å². The molecule has 0 unspecified atom stereocenters. The molecule has 23 heavy (non-hydrogen) atoms. The van der Waals surface area contributed by atoms with Gasteiger partial charge in [-0.25, -0.2) is 4.98 Å². The maximum atomic E-state index is 11.9. The van der Waals surface area contributed by atoms with Crippen molar-refractivity contribution < 1.29 is 4.79 Å². The molecule has 0 saturated heterocycles. The zero-order valence-electron chi connectivity index (χ0n) is 13.2. The number of nitrogens with one attached hydrogen (secondary N) is 2. The Morgan fingerprint density at radius 1 is 1.26 bits per heavy atom. The van der Waals surface area contributed by atoms with E-state index >= 15 is 0 Å². The van der Waals surface area contributed by atoms with Crippen molar-refractivity contribution in [2.75, 3.05) is 32.5 Å². The van der Waals surface area contributed by atoms with Gasteiger partial charge in [-0.3, -0.25) is 4.79 Å². The molecule has 1 amide bonds. The standard InChI is InChI=1S/C17H19N5O/c1-22(2)10-9-19-17(23)16-8-7-14(12-20-16)21-15-6-4-3-5-13(15)11-18/h3-8,12,21H,9-10H2,1-2H3,(H,19,23). The first-order valence-electron chi connectivity index (χ1n) is 7.25. The Bertz CT molecular complexity index is 704. The second kappa shape index (κ2) is 7.92. The molecule has 0 bridgehead atoms. The summed E-state index contributed by atoms with van der Waals surface area (Å²) < 4.78 is 0. The summed E-state index contributed by atoms with van der Waals surface area (Å²) in [6.45, 7) is 1.35. The number of amides is 1. The maximum Gasteiger partial charge on any atom is 0.269 e. The monoisotopic (exact) mass is 309 g/mol. The predicted octanol–water partition coefficient (Wildman–Crippen LogP) is 1.99. The zero-order chi connectivity index (χ0) is 16.7. The quantitative estimate of drug-likeness (QED) is 0.853. The van der Waals surface area contributed by atoms with Gasteiger partial charge >= 0.3 is 0 Å². The third-order valence-electron chi connectivity index (χ3n) is 3.17. The van der Waals surface area contributed by atoms with E-state index in [0.29, 0.717) is 23.5 Å². The summed E-state index contributed by atoms with van der Waals surface area (Å²) in [6.07, 6.45) is 1.58. The molecule has 2 aromatic rings. The van der Waals surface area contributed by atoms with E-state index < -0.39 is 0 Å². The highest BCUT2D eigenvalue weighted by Gasteiger charge is 2.07. The normalized spacial score (nSPS) is 10.2. The van der Waals surface area contributed by atoms with Crippen molar-refractivity contribution in [1.29, 1.82) is 5.26 Å². The lowest BCUT2D eigenvalue weighted by molar-refractivity contribution is 0.0946. The summed E-state index contributed by atoms with van der Waals surface area (Å²) in [5.74, 6) is -0.198. The summed E-state index contributed by atoms with van der Waals surface area (Å²) in [6, 6.07) is 12.8. The van der Waals surface area contributed by atoms with Crippen LogP contribution in [0.4, 0.5) is 11.4 Å². The number of pyridine rings is 1. The molecule has 0 saturated carbocycles. The summed E-state index contributed by atoms with van der Waals surface area (Å²) in [4.78, 5) is 18.1.